The first-order chi connectivity index (χ1) is 9.42. The van der Waals surface area contributed by atoms with Gasteiger partial charge in [0.15, 0.2) is 11.9 Å². The maximum absolute atomic E-state index is 5.74. The first-order valence-electron chi connectivity index (χ1n) is 5.90. The lowest BCUT2D eigenvalue weighted by Crippen LogP contribution is -1.88. The van der Waals surface area contributed by atoms with E-state index in [1.807, 2.05) is 48.5 Å². The van der Waals surface area contributed by atoms with Gasteiger partial charge in [-0.15, -0.1) is 0 Å². The Kier molecular flexibility index (Phi) is 2.08. The van der Waals surface area contributed by atoms with Crippen LogP contribution in [0.5, 0.6) is 0 Å². The fourth-order valence-electron chi connectivity index (χ4n) is 2.10. The quantitative estimate of drug-likeness (QED) is 0.517. The second kappa shape index (κ2) is 3.88. The summed E-state index contributed by atoms with van der Waals surface area (Å²) in [5.41, 5.74) is 3.07. The van der Waals surface area contributed by atoms with E-state index in [-0.39, 0.29) is 0 Å². The Hall–Kier alpha value is -2.75. The number of benzene rings is 2. The van der Waals surface area contributed by atoms with Crippen molar-refractivity contribution in [3.63, 3.8) is 0 Å². The Morgan fingerprint density at radius 1 is 0.842 bits per heavy atom. The van der Waals surface area contributed by atoms with Crippen LogP contribution in [0, 0.1) is 6.33 Å². The highest BCUT2D eigenvalue weighted by molar-refractivity contribution is 5.91. The summed E-state index contributed by atoms with van der Waals surface area (Å²) in [5, 5.41) is 0.910. The minimum Gasteiger partial charge on any atom is -0.435 e. The Labute approximate surface area is 108 Å². The number of rotatable bonds is 1. The third-order valence-electron chi connectivity index (χ3n) is 2.99. The van der Waals surface area contributed by atoms with Gasteiger partial charge in [0.2, 0.25) is 5.89 Å². The monoisotopic (exact) mass is 246 g/mol. The zero-order valence-electron chi connectivity index (χ0n) is 9.87. The van der Waals surface area contributed by atoms with E-state index in [2.05, 4.69) is 21.3 Å². The standard InChI is InChI=1S/C15H8N3O/c1-2-6-11-10(5-1)14(17-9-16-11)15-18-12-7-3-4-8-13(12)19-15/h1-8H. The molecule has 0 fully saturated rings. The molecule has 4 aromatic rings. The number of nitrogens with zero attached hydrogens (tertiary/aromatic N) is 3. The maximum Gasteiger partial charge on any atom is 0.247 e. The smallest absolute Gasteiger partial charge is 0.247 e. The van der Waals surface area contributed by atoms with Gasteiger partial charge in [-0.25, -0.2) is 15.0 Å². The van der Waals surface area contributed by atoms with Crippen LogP contribution in [0.4, 0.5) is 0 Å². The van der Waals surface area contributed by atoms with Crippen molar-refractivity contribution in [3.8, 4) is 11.6 Å². The minimum absolute atomic E-state index is 0.496. The molecule has 0 N–H and O–H groups in total. The molecular weight excluding hydrogens is 238 g/mol. The van der Waals surface area contributed by atoms with Gasteiger partial charge in [-0.1, -0.05) is 30.3 Å². The van der Waals surface area contributed by atoms with E-state index in [0.717, 1.165) is 22.0 Å². The lowest BCUT2D eigenvalue weighted by Gasteiger charge is -1.99. The van der Waals surface area contributed by atoms with Gasteiger partial charge >= 0.3 is 0 Å². The molecule has 0 saturated carbocycles. The molecule has 2 heterocycles. The van der Waals surface area contributed by atoms with Gasteiger partial charge in [-0.2, -0.15) is 0 Å². The van der Waals surface area contributed by atoms with Crippen LogP contribution < -0.4 is 0 Å². The maximum atomic E-state index is 5.74. The highest BCUT2D eigenvalue weighted by atomic mass is 16.3. The molecular formula is C15H8N3O. The summed E-state index contributed by atoms with van der Waals surface area (Å²) in [4.78, 5) is 12.8. The number of hydrogen-bond donors (Lipinski definition) is 0. The van der Waals surface area contributed by atoms with Crippen molar-refractivity contribution in [2.24, 2.45) is 0 Å². The Morgan fingerprint density at radius 2 is 1.63 bits per heavy atom. The summed E-state index contributed by atoms with van der Waals surface area (Å²) < 4.78 is 5.74. The Bertz CT molecular complexity index is 844. The van der Waals surface area contributed by atoms with Crippen molar-refractivity contribution in [1.29, 1.82) is 0 Å². The van der Waals surface area contributed by atoms with E-state index in [1.165, 1.54) is 0 Å². The molecule has 2 aromatic carbocycles. The highest BCUT2D eigenvalue weighted by Crippen LogP contribution is 2.27. The lowest BCUT2D eigenvalue weighted by atomic mass is 10.2. The SMILES string of the molecule is [c]1nc(-c2nc3ccccc3o2)c2ccccc2n1. The number of aromatic nitrogens is 3. The van der Waals surface area contributed by atoms with Crippen LogP contribution in [0.15, 0.2) is 52.9 Å². The van der Waals surface area contributed by atoms with E-state index in [1.54, 1.807) is 0 Å². The largest absolute Gasteiger partial charge is 0.435 e. The summed E-state index contributed by atoms with van der Waals surface area (Å²) in [7, 11) is 0. The summed E-state index contributed by atoms with van der Waals surface area (Å²) in [6.07, 6.45) is 2.65. The topological polar surface area (TPSA) is 51.8 Å². The van der Waals surface area contributed by atoms with Crippen LogP contribution in [-0.4, -0.2) is 15.0 Å². The molecule has 19 heavy (non-hydrogen) atoms. The van der Waals surface area contributed by atoms with Gasteiger partial charge < -0.3 is 4.42 Å². The van der Waals surface area contributed by atoms with Gasteiger partial charge in [0, 0.05) is 5.39 Å². The molecule has 0 unspecified atom stereocenters. The number of hydrogen-bond acceptors (Lipinski definition) is 4. The Morgan fingerprint density at radius 3 is 2.53 bits per heavy atom. The molecule has 0 amide bonds. The third kappa shape index (κ3) is 1.57. The van der Waals surface area contributed by atoms with Gasteiger partial charge in [0.1, 0.15) is 11.2 Å². The van der Waals surface area contributed by atoms with E-state index < -0.39 is 0 Å². The minimum atomic E-state index is 0.496. The molecule has 4 nitrogen and oxygen atoms in total. The van der Waals surface area contributed by atoms with Crippen molar-refractivity contribution in [1.82, 2.24) is 15.0 Å². The first kappa shape index (κ1) is 10.2. The molecule has 89 valence electrons. The number of fused-ring (bicyclic) bond motifs is 2. The highest BCUT2D eigenvalue weighted by Gasteiger charge is 2.12. The summed E-state index contributed by atoms with van der Waals surface area (Å²) >= 11 is 0. The number of para-hydroxylation sites is 3. The zero-order chi connectivity index (χ0) is 12.7. The van der Waals surface area contributed by atoms with Crippen molar-refractivity contribution < 1.29 is 4.42 Å². The predicted octanol–water partition coefficient (Wildman–Crippen LogP) is 3.24. The normalized spacial score (nSPS) is 11.2. The first-order valence-corrected chi connectivity index (χ1v) is 5.90. The molecule has 0 bridgehead atoms. The second-order valence-corrected chi connectivity index (χ2v) is 4.18. The van der Waals surface area contributed by atoms with Crippen LogP contribution >= 0.6 is 0 Å². The molecule has 4 rings (SSSR count). The molecule has 1 radical (unpaired) electrons. The van der Waals surface area contributed by atoms with Crippen molar-refractivity contribution >= 4 is 22.0 Å². The lowest BCUT2D eigenvalue weighted by molar-refractivity contribution is 0.617. The second-order valence-electron chi connectivity index (χ2n) is 4.18. The average Bonchev–Trinajstić information content (AvgIpc) is 2.90. The fourth-order valence-corrected chi connectivity index (χ4v) is 2.10. The van der Waals surface area contributed by atoms with Crippen LogP contribution in [0.25, 0.3) is 33.6 Å². The van der Waals surface area contributed by atoms with E-state index in [0.29, 0.717) is 11.6 Å². The molecule has 0 atom stereocenters. The van der Waals surface area contributed by atoms with E-state index in [4.69, 9.17) is 4.42 Å². The molecule has 0 aliphatic carbocycles. The van der Waals surface area contributed by atoms with Gasteiger partial charge in [0.25, 0.3) is 0 Å². The van der Waals surface area contributed by atoms with Crippen LogP contribution in [-0.2, 0) is 0 Å². The Balaban J connectivity index is 2.03. The van der Waals surface area contributed by atoms with E-state index in [9.17, 15) is 0 Å². The van der Waals surface area contributed by atoms with Crippen molar-refractivity contribution in [2.75, 3.05) is 0 Å². The molecule has 0 aliphatic heterocycles. The van der Waals surface area contributed by atoms with Gasteiger partial charge in [-0.05, 0) is 18.2 Å². The van der Waals surface area contributed by atoms with Crippen LogP contribution in [0.2, 0.25) is 0 Å². The van der Waals surface area contributed by atoms with Crippen molar-refractivity contribution in [3.05, 3.63) is 54.9 Å². The van der Waals surface area contributed by atoms with Crippen molar-refractivity contribution in [2.45, 2.75) is 0 Å². The summed E-state index contributed by atoms with van der Waals surface area (Å²) in [6, 6.07) is 15.4. The molecule has 0 aliphatic rings. The van der Waals surface area contributed by atoms with Crippen LogP contribution in [0.3, 0.4) is 0 Å². The van der Waals surface area contributed by atoms with Gasteiger partial charge in [-0.3, -0.25) is 0 Å². The average molecular weight is 246 g/mol. The van der Waals surface area contributed by atoms with Gasteiger partial charge in [0.05, 0.1) is 5.52 Å². The number of oxazole rings is 1. The molecule has 4 heteroatoms. The zero-order valence-corrected chi connectivity index (χ0v) is 9.87. The summed E-state index contributed by atoms with van der Waals surface area (Å²) in [5.74, 6) is 0.496. The molecule has 2 aromatic heterocycles. The van der Waals surface area contributed by atoms with Crippen LogP contribution in [0.1, 0.15) is 0 Å². The third-order valence-corrected chi connectivity index (χ3v) is 2.99. The predicted molar refractivity (Wildman–Crippen MR) is 71.4 cm³/mol. The van der Waals surface area contributed by atoms with E-state index >= 15 is 0 Å². The molecule has 0 saturated heterocycles. The fraction of sp³-hybridized carbons (Fsp3) is 0. The molecule has 0 spiro atoms. The summed E-state index contributed by atoms with van der Waals surface area (Å²) in [6.45, 7) is 0.